The van der Waals surface area contributed by atoms with E-state index in [1.807, 2.05) is 6.07 Å². The SMILES string of the molecule is COC(=O)C1=C(C)N(Cc2ccccc2)[C@]23O[C@](C(=O)OC)(C(=O)N2C1c1ccccc1)C(C(=O)OC)C3C(=O)OC. The third-order valence-electron chi connectivity index (χ3n) is 8.19. The Kier molecular flexibility index (Phi) is 7.27. The molecular weight excluding hydrogens is 548 g/mol. The Balaban J connectivity index is 1.91. The molecule has 0 radical (unpaired) electrons. The third-order valence-corrected chi connectivity index (χ3v) is 8.19. The van der Waals surface area contributed by atoms with Crippen LogP contribution in [0.2, 0.25) is 0 Å². The average molecular weight is 579 g/mol. The van der Waals surface area contributed by atoms with E-state index in [0.717, 1.165) is 21.3 Å². The van der Waals surface area contributed by atoms with Crippen molar-refractivity contribution in [1.29, 1.82) is 0 Å². The van der Waals surface area contributed by atoms with Gasteiger partial charge in [-0.2, -0.15) is 0 Å². The van der Waals surface area contributed by atoms with E-state index >= 15 is 0 Å². The van der Waals surface area contributed by atoms with Gasteiger partial charge in [0.1, 0.15) is 11.8 Å². The summed E-state index contributed by atoms with van der Waals surface area (Å²) in [6.07, 6.45) is 0. The highest BCUT2D eigenvalue weighted by atomic mass is 16.6. The van der Waals surface area contributed by atoms with Gasteiger partial charge >= 0.3 is 23.9 Å². The van der Waals surface area contributed by atoms with Crippen molar-refractivity contribution in [2.45, 2.75) is 31.0 Å². The normalized spacial score (nSPS) is 27.8. The van der Waals surface area contributed by atoms with Crippen molar-refractivity contribution < 1.29 is 47.7 Å². The topological polar surface area (TPSA) is 138 Å². The number of piperidine rings is 1. The molecule has 220 valence electrons. The summed E-state index contributed by atoms with van der Waals surface area (Å²) in [7, 11) is 4.45. The van der Waals surface area contributed by atoms with E-state index in [0.29, 0.717) is 16.8 Å². The molecule has 0 aromatic heterocycles. The van der Waals surface area contributed by atoms with Gasteiger partial charge in [-0.1, -0.05) is 60.7 Å². The van der Waals surface area contributed by atoms with E-state index in [4.69, 9.17) is 23.7 Å². The summed E-state index contributed by atoms with van der Waals surface area (Å²) in [4.78, 5) is 71.6. The first-order valence-corrected chi connectivity index (χ1v) is 13.1. The number of carbonyl (C=O) groups excluding carboxylic acids is 5. The Morgan fingerprint density at radius 2 is 1.38 bits per heavy atom. The van der Waals surface area contributed by atoms with Gasteiger partial charge < -0.3 is 28.6 Å². The van der Waals surface area contributed by atoms with Crippen LogP contribution in [0.1, 0.15) is 24.1 Å². The van der Waals surface area contributed by atoms with Crippen LogP contribution in [0.5, 0.6) is 0 Å². The number of esters is 4. The minimum atomic E-state index is -2.63. The number of hydrogen-bond donors (Lipinski definition) is 0. The van der Waals surface area contributed by atoms with Crippen LogP contribution in [0.3, 0.4) is 0 Å². The van der Waals surface area contributed by atoms with Gasteiger partial charge in [-0.15, -0.1) is 0 Å². The maximum Gasteiger partial charge on any atom is 0.349 e. The van der Waals surface area contributed by atoms with Crippen LogP contribution in [0.4, 0.5) is 0 Å². The van der Waals surface area contributed by atoms with Gasteiger partial charge in [0, 0.05) is 12.2 Å². The lowest BCUT2D eigenvalue weighted by Gasteiger charge is -2.55. The van der Waals surface area contributed by atoms with Crippen LogP contribution in [-0.4, -0.2) is 79.5 Å². The first-order chi connectivity index (χ1) is 20.1. The molecule has 42 heavy (non-hydrogen) atoms. The van der Waals surface area contributed by atoms with Crippen molar-refractivity contribution in [3.8, 4) is 0 Å². The summed E-state index contributed by atoms with van der Waals surface area (Å²) in [6, 6.07) is 16.4. The minimum absolute atomic E-state index is 0.00288. The fourth-order valence-corrected chi connectivity index (χ4v) is 6.46. The molecule has 12 heteroatoms. The Hall–Kier alpha value is -4.71. The standard InChI is InChI=1S/C30H30N2O10/c1-17-20(24(33)38-2)23(19-14-10-7-11-15-19)32-27(36)29(28(37)41-5)21(25(34)39-3)22(26(35)40-4)30(32,42-29)31(17)16-18-12-8-6-9-13-18/h6-15,21-23H,16H2,1-5H3/t21?,22?,23?,29-,30-/m0/s1. The number of methoxy groups -OCH3 is 4. The highest BCUT2D eigenvalue weighted by Gasteiger charge is 2.87. The second-order valence-electron chi connectivity index (χ2n) is 10.0. The van der Waals surface area contributed by atoms with Crippen molar-refractivity contribution in [1.82, 2.24) is 9.80 Å². The van der Waals surface area contributed by atoms with Crippen LogP contribution in [0, 0.1) is 11.8 Å². The van der Waals surface area contributed by atoms with Crippen LogP contribution in [-0.2, 0) is 54.2 Å². The molecule has 2 saturated heterocycles. The van der Waals surface area contributed by atoms with Crippen molar-refractivity contribution in [3.05, 3.63) is 83.1 Å². The smallest absolute Gasteiger partial charge is 0.349 e. The molecule has 3 aliphatic heterocycles. The van der Waals surface area contributed by atoms with Crippen molar-refractivity contribution >= 4 is 29.8 Å². The number of allylic oxidation sites excluding steroid dienone is 1. The first kappa shape index (κ1) is 28.8. The average Bonchev–Trinajstić information content (AvgIpc) is 3.48. The van der Waals surface area contributed by atoms with Crippen LogP contribution in [0.25, 0.3) is 0 Å². The lowest BCUT2D eigenvalue weighted by molar-refractivity contribution is -0.232. The number of fused-ring (bicyclic) bond motifs is 1. The van der Waals surface area contributed by atoms with Crippen molar-refractivity contribution in [3.63, 3.8) is 0 Å². The number of hydrogen-bond acceptors (Lipinski definition) is 11. The maximum atomic E-state index is 14.7. The molecule has 5 rings (SSSR count). The van der Waals surface area contributed by atoms with Crippen molar-refractivity contribution in [2.24, 2.45) is 11.8 Å². The van der Waals surface area contributed by atoms with Gasteiger partial charge in [-0.3, -0.25) is 19.3 Å². The molecular formula is C30H30N2O10. The fourth-order valence-electron chi connectivity index (χ4n) is 6.46. The second-order valence-corrected chi connectivity index (χ2v) is 10.0. The number of carbonyl (C=O) groups is 5. The summed E-state index contributed by atoms with van der Waals surface area (Å²) >= 11 is 0. The minimum Gasteiger partial charge on any atom is -0.469 e. The fraction of sp³-hybridized carbons (Fsp3) is 0.367. The molecule has 0 N–H and O–H groups in total. The van der Waals surface area contributed by atoms with Crippen LogP contribution in [0.15, 0.2) is 71.9 Å². The molecule has 2 bridgehead atoms. The predicted octanol–water partition coefficient (Wildman–Crippen LogP) is 1.71. The van der Waals surface area contributed by atoms with E-state index in [9.17, 15) is 24.0 Å². The lowest BCUT2D eigenvalue weighted by atomic mass is 9.71. The maximum absolute atomic E-state index is 14.7. The zero-order valence-electron chi connectivity index (χ0n) is 23.7. The van der Waals surface area contributed by atoms with Gasteiger partial charge in [0.15, 0.2) is 0 Å². The third kappa shape index (κ3) is 3.74. The first-order valence-electron chi connectivity index (χ1n) is 13.1. The molecule has 5 atom stereocenters. The quantitative estimate of drug-likeness (QED) is 0.270. The van der Waals surface area contributed by atoms with Gasteiger partial charge in [0.05, 0.1) is 40.1 Å². The zero-order valence-corrected chi connectivity index (χ0v) is 23.7. The van der Waals surface area contributed by atoms with E-state index in [2.05, 4.69) is 0 Å². The second kappa shape index (κ2) is 10.6. The molecule has 0 aliphatic carbocycles. The number of nitrogens with zero attached hydrogens (tertiary/aromatic N) is 2. The summed E-state index contributed by atoms with van der Waals surface area (Å²) < 4.78 is 26.9. The Morgan fingerprint density at radius 3 is 1.93 bits per heavy atom. The van der Waals surface area contributed by atoms with E-state index in [-0.39, 0.29) is 12.1 Å². The Morgan fingerprint density at radius 1 is 0.810 bits per heavy atom. The number of amides is 1. The summed E-state index contributed by atoms with van der Waals surface area (Å²) in [5.41, 5.74) is -1.07. The molecule has 3 heterocycles. The zero-order chi connectivity index (χ0) is 30.4. The molecule has 2 aromatic carbocycles. The predicted molar refractivity (Wildman–Crippen MR) is 142 cm³/mol. The van der Waals surface area contributed by atoms with E-state index in [1.54, 1.807) is 61.5 Å². The largest absolute Gasteiger partial charge is 0.469 e. The van der Waals surface area contributed by atoms with Crippen molar-refractivity contribution in [2.75, 3.05) is 28.4 Å². The van der Waals surface area contributed by atoms with Gasteiger partial charge in [-0.05, 0) is 18.1 Å². The van der Waals surface area contributed by atoms with Crippen LogP contribution < -0.4 is 0 Å². The molecule has 1 spiro atoms. The van der Waals surface area contributed by atoms with Gasteiger partial charge in [0.2, 0.25) is 5.85 Å². The summed E-state index contributed by atoms with van der Waals surface area (Å²) in [6.45, 7) is 1.63. The number of benzene rings is 2. The number of rotatable bonds is 7. The lowest BCUT2D eigenvalue weighted by Crippen LogP contribution is -2.72. The summed E-state index contributed by atoms with van der Waals surface area (Å²) in [5.74, 6) is -10.4. The van der Waals surface area contributed by atoms with Crippen LogP contribution >= 0.6 is 0 Å². The molecule has 2 aromatic rings. The monoisotopic (exact) mass is 578 g/mol. The van der Waals surface area contributed by atoms with E-state index < -0.39 is 59.1 Å². The van der Waals surface area contributed by atoms with Gasteiger partial charge in [0.25, 0.3) is 11.5 Å². The molecule has 0 saturated carbocycles. The van der Waals surface area contributed by atoms with Gasteiger partial charge in [-0.25, -0.2) is 9.59 Å². The summed E-state index contributed by atoms with van der Waals surface area (Å²) in [5, 5.41) is 0. The molecule has 2 fully saturated rings. The highest BCUT2D eigenvalue weighted by Crippen LogP contribution is 2.64. The molecule has 12 nitrogen and oxygen atoms in total. The Labute approximate surface area is 241 Å². The molecule has 3 aliphatic rings. The van der Waals surface area contributed by atoms with E-state index in [1.165, 1.54) is 16.9 Å². The molecule has 3 unspecified atom stereocenters. The highest BCUT2D eigenvalue weighted by molar-refractivity contribution is 6.14. The Bertz CT molecular complexity index is 1480. The molecule has 1 amide bonds. The number of ether oxygens (including phenoxy) is 5.